The van der Waals surface area contributed by atoms with Crippen LogP contribution in [0.5, 0.6) is 0 Å². The van der Waals surface area contributed by atoms with Crippen molar-refractivity contribution < 1.29 is 27.2 Å². The maximum absolute atomic E-state index is 13.9. The van der Waals surface area contributed by atoms with E-state index in [1.807, 2.05) is 34.3 Å². The van der Waals surface area contributed by atoms with E-state index >= 15 is 0 Å². The molecule has 2 aromatic heterocycles. The first-order valence-electron chi connectivity index (χ1n) is 19.0. The van der Waals surface area contributed by atoms with Gasteiger partial charge in [0.25, 0.3) is 0 Å². The molecular weight excluding hydrogens is 684 g/mol. The Balaban J connectivity index is 0.000000164. The molecule has 0 N–H and O–H groups in total. The van der Waals surface area contributed by atoms with Crippen LogP contribution in [0.2, 0.25) is 0 Å². The van der Waals surface area contributed by atoms with Crippen LogP contribution in [-0.4, -0.2) is 95.9 Å². The number of piperazine rings is 2. The zero-order valence-corrected chi connectivity index (χ0v) is 30.2. The lowest BCUT2D eigenvalue weighted by Crippen LogP contribution is -2.47. The van der Waals surface area contributed by atoms with E-state index in [4.69, 9.17) is 0 Å². The molecule has 0 amide bonds. The molecule has 0 atom stereocenters. The summed E-state index contributed by atoms with van der Waals surface area (Å²) in [6.45, 7) is 10.1. The number of benzene rings is 2. The minimum atomic E-state index is -0.543. The number of hydrogen-bond donors (Lipinski definition) is 0. The number of hydrogen-bond acceptors (Lipinski definition) is 6. The van der Waals surface area contributed by atoms with Crippen LogP contribution in [0.15, 0.2) is 60.9 Å². The minimum Gasteiger partial charge on any atom is -0.367 e. The summed E-state index contributed by atoms with van der Waals surface area (Å²) in [5, 5.41) is 0. The molecule has 2 fully saturated rings. The summed E-state index contributed by atoms with van der Waals surface area (Å²) in [4.78, 5) is 32.6. The van der Waals surface area contributed by atoms with Crippen molar-refractivity contribution >= 4 is 22.9 Å². The molecular formula is C41H48F4N6O2. The molecule has 53 heavy (non-hydrogen) atoms. The Morgan fingerprint density at radius 2 is 0.943 bits per heavy atom. The zero-order valence-electron chi connectivity index (χ0n) is 30.2. The highest BCUT2D eigenvalue weighted by molar-refractivity contribution is 5.98. The van der Waals surface area contributed by atoms with Gasteiger partial charge in [0.2, 0.25) is 0 Å². The molecule has 12 heteroatoms. The highest BCUT2D eigenvalue weighted by atomic mass is 19.1. The number of rotatable bonds is 9. The number of carbonyl (C=O) groups is 2. The summed E-state index contributed by atoms with van der Waals surface area (Å²) in [6.07, 6.45) is 10.3. The van der Waals surface area contributed by atoms with Crippen molar-refractivity contribution in [2.75, 3.05) is 75.2 Å². The van der Waals surface area contributed by atoms with Gasteiger partial charge in [-0.2, -0.15) is 0 Å². The zero-order chi connectivity index (χ0) is 36.9. The molecule has 282 valence electrons. The second-order valence-corrected chi connectivity index (χ2v) is 14.5. The summed E-state index contributed by atoms with van der Waals surface area (Å²) in [5.41, 5.74) is 5.14. The second kappa shape index (κ2) is 16.7. The van der Waals surface area contributed by atoms with Gasteiger partial charge in [0.15, 0.2) is 11.6 Å². The molecule has 2 saturated heterocycles. The van der Waals surface area contributed by atoms with E-state index in [0.29, 0.717) is 24.2 Å². The number of Topliss-reactive ketones (excluding diaryl/α,β-unsaturated/α-hetero) is 2. The molecule has 4 heterocycles. The van der Waals surface area contributed by atoms with Gasteiger partial charge in [-0.3, -0.25) is 19.4 Å². The van der Waals surface area contributed by atoms with Crippen LogP contribution >= 0.6 is 0 Å². The van der Waals surface area contributed by atoms with Gasteiger partial charge >= 0.3 is 0 Å². The van der Waals surface area contributed by atoms with E-state index in [2.05, 4.69) is 18.9 Å². The quantitative estimate of drug-likeness (QED) is 0.181. The number of halogens is 4. The Morgan fingerprint density at radius 1 is 0.491 bits per heavy atom. The maximum atomic E-state index is 13.9. The lowest BCUT2D eigenvalue weighted by molar-refractivity contribution is 0.0963. The van der Waals surface area contributed by atoms with Crippen LogP contribution in [0.25, 0.3) is 0 Å². The average molecular weight is 733 g/mol. The van der Waals surface area contributed by atoms with Crippen molar-refractivity contribution in [3.63, 3.8) is 0 Å². The molecule has 4 aliphatic rings. The number of ketones is 2. The minimum absolute atomic E-state index is 0.264. The topological polar surface area (TPSA) is 57.0 Å². The molecule has 8 nitrogen and oxygen atoms in total. The number of aromatic nitrogens is 2. The molecule has 0 bridgehead atoms. The number of aryl methyl sites for hydroxylation is 1. The number of carbonyl (C=O) groups excluding carboxylic acids is 2. The van der Waals surface area contributed by atoms with Crippen LogP contribution in [0.1, 0.15) is 64.2 Å². The van der Waals surface area contributed by atoms with Gasteiger partial charge in [-0.25, -0.2) is 17.6 Å². The van der Waals surface area contributed by atoms with Gasteiger partial charge < -0.3 is 18.9 Å². The predicted octanol–water partition coefficient (Wildman–Crippen LogP) is 6.61. The highest BCUT2D eigenvalue weighted by Crippen LogP contribution is 2.26. The Labute approximate surface area is 308 Å². The monoisotopic (exact) mass is 732 g/mol. The van der Waals surface area contributed by atoms with Crippen LogP contribution in [0.4, 0.5) is 28.9 Å². The fourth-order valence-electron chi connectivity index (χ4n) is 8.21. The van der Waals surface area contributed by atoms with Crippen molar-refractivity contribution in [2.45, 2.75) is 58.0 Å². The highest BCUT2D eigenvalue weighted by Gasteiger charge is 2.24. The summed E-state index contributed by atoms with van der Waals surface area (Å²) < 4.78 is 58.4. The molecule has 2 aliphatic heterocycles. The second-order valence-electron chi connectivity index (χ2n) is 14.5. The lowest BCUT2D eigenvalue weighted by atomic mass is 9.97. The van der Waals surface area contributed by atoms with Crippen LogP contribution in [0, 0.1) is 23.3 Å². The fourth-order valence-corrected chi connectivity index (χ4v) is 8.21. The van der Waals surface area contributed by atoms with Crippen molar-refractivity contribution in [2.24, 2.45) is 0 Å². The molecule has 0 radical (unpaired) electrons. The average Bonchev–Trinajstić information content (AvgIpc) is 3.78. The SMILES string of the molecule is O=C1CCCc2c1ccn2CCCN1CCN(c2ccc(F)cc2F)CC1.O=C1CCCc2c1ccn2CCN1CCN(c2ccc(F)cc2F)CC1. The molecule has 8 rings (SSSR count). The van der Waals surface area contributed by atoms with Gasteiger partial charge in [-0.15, -0.1) is 0 Å². The molecule has 2 aromatic carbocycles. The molecule has 0 unspecified atom stereocenters. The lowest BCUT2D eigenvalue weighted by Gasteiger charge is -2.36. The first-order valence-corrected chi connectivity index (χ1v) is 19.0. The van der Waals surface area contributed by atoms with Crippen molar-refractivity contribution in [3.8, 4) is 0 Å². The van der Waals surface area contributed by atoms with Gasteiger partial charge in [-0.05, 0) is 75.0 Å². The first-order chi connectivity index (χ1) is 25.7. The molecule has 2 aliphatic carbocycles. The fraction of sp³-hybridized carbons (Fsp3) is 0.463. The third-order valence-electron chi connectivity index (χ3n) is 11.2. The smallest absolute Gasteiger partial charge is 0.164 e. The number of anilines is 2. The summed E-state index contributed by atoms with van der Waals surface area (Å²) in [7, 11) is 0. The number of fused-ring (bicyclic) bond motifs is 2. The summed E-state index contributed by atoms with van der Waals surface area (Å²) in [6, 6.07) is 11.5. The van der Waals surface area contributed by atoms with Crippen molar-refractivity contribution in [1.82, 2.24) is 18.9 Å². The van der Waals surface area contributed by atoms with Crippen LogP contribution in [-0.2, 0) is 25.9 Å². The van der Waals surface area contributed by atoms with E-state index in [1.165, 1.54) is 35.7 Å². The Bertz CT molecular complexity index is 1910. The third-order valence-corrected chi connectivity index (χ3v) is 11.2. The van der Waals surface area contributed by atoms with E-state index in [9.17, 15) is 27.2 Å². The van der Waals surface area contributed by atoms with Crippen molar-refractivity contribution in [1.29, 1.82) is 0 Å². The van der Waals surface area contributed by atoms with E-state index < -0.39 is 23.3 Å². The standard InChI is InChI=1S/C21H25F2N3O.C20H23F2N3O/c22-16-5-6-20(18(23)15-16)26-13-11-24(12-14-26)8-2-9-25-10-7-17-19(25)3-1-4-21(17)27;21-15-4-5-19(17(22)14-15)25-12-9-23(10-13-25)8-11-24-7-6-16-18(24)2-1-3-20(16)26/h5-7,10,15H,1-4,8-9,11-14H2;4-7,14H,1-3,8-13H2. The van der Waals surface area contributed by atoms with Crippen LogP contribution in [0.3, 0.4) is 0 Å². The van der Waals surface area contributed by atoms with Crippen molar-refractivity contribution in [3.05, 3.63) is 107 Å². The molecule has 0 saturated carbocycles. The third kappa shape index (κ3) is 8.70. The maximum Gasteiger partial charge on any atom is 0.164 e. The Morgan fingerprint density at radius 3 is 1.42 bits per heavy atom. The molecule has 4 aromatic rings. The van der Waals surface area contributed by atoms with Gasteiger partial charge in [0, 0.05) is 132 Å². The van der Waals surface area contributed by atoms with Gasteiger partial charge in [0.1, 0.15) is 23.3 Å². The largest absolute Gasteiger partial charge is 0.367 e. The first kappa shape index (κ1) is 36.9. The Hall–Kier alpha value is -4.42. The predicted molar refractivity (Wildman–Crippen MR) is 198 cm³/mol. The summed E-state index contributed by atoms with van der Waals surface area (Å²) in [5.74, 6) is -1.53. The Kier molecular flexibility index (Phi) is 11.6. The summed E-state index contributed by atoms with van der Waals surface area (Å²) >= 11 is 0. The normalized spacial score (nSPS) is 18.1. The van der Waals surface area contributed by atoms with E-state index in [1.54, 1.807) is 0 Å². The number of nitrogens with zero attached hydrogens (tertiary/aromatic N) is 6. The van der Waals surface area contributed by atoms with Gasteiger partial charge in [0.05, 0.1) is 11.4 Å². The van der Waals surface area contributed by atoms with E-state index in [0.717, 1.165) is 134 Å². The van der Waals surface area contributed by atoms with Crippen LogP contribution < -0.4 is 9.80 Å². The van der Waals surface area contributed by atoms with E-state index in [-0.39, 0.29) is 11.6 Å². The van der Waals surface area contributed by atoms with Gasteiger partial charge in [-0.1, -0.05) is 0 Å². The molecule has 0 spiro atoms.